The molecule has 110 valence electrons. The van der Waals surface area contributed by atoms with Gasteiger partial charge in [-0.1, -0.05) is 44.2 Å². The Kier molecular flexibility index (Phi) is 6.18. The highest BCUT2D eigenvalue weighted by molar-refractivity contribution is 5.80. The van der Waals surface area contributed by atoms with Gasteiger partial charge in [0.1, 0.15) is 6.04 Å². The Morgan fingerprint density at radius 3 is 2.35 bits per heavy atom. The number of carbonyl (C=O) groups is 2. The smallest absolute Gasteiger partial charge is 0.325 e. The van der Waals surface area contributed by atoms with Crippen LogP contribution in [0.3, 0.4) is 0 Å². The second-order valence-electron chi connectivity index (χ2n) is 5.26. The zero-order valence-corrected chi connectivity index (χ0v) is 12.2. The lowest BCUT2D eigenvalue weighted by Gasteiger charge is -2.24. The third-order valence-electron chi connectivity index (χ3n) is 2.89. The Balaban J connectivity index is 2.69. The van der Waals surface area contributed by atoms with E-state index in [9.17, 15) is 14.7 Å². The van der Waals surface area contributed by atoms with Gasteiger partial charge < -0.3 is 10.4 Å². The van der Waals surface area contributed by atoms with E-state index in [2.05, 4.69) is 5.32 Å². The van der Waals surface area contributed by atoms with Crippen molar-refractivity contribution < 1.29 is 14.7 Å². The average molecular weight is 278 g/mol. The first-order valence-electron chi connectivity index (χ1n) is 6.66. The molecular weight excluding hydrogens is 256 g/mol. The first kappa shape index (κ1) is 16.2. The summed E-state index contributed by atoms with van der Waals surface area (Å²) in [7, 11) is 1.64. The molecule has 2 N–H and O–H groups in total. The molecule has 1 aromatic rings. The number of carboxylic acids is 1. The molecule has 0 spiro atoms. The molecule has 0 aliphatic heterocycles. The molecule has 1 atom stereocenters. The van der Waals surface area contributed by atoms with Gasteiger partial charge in [0.25, 0.3) is 0 Å². The van der Waals surface area contributed by atoms with E-state index in [1.807, 2.05) is 19.9 Å². The summed E-state index contributed by atoms with van der Waals surface area (Å²) < 4.78 is 0. The van der Waals surface area contributed by atoms with Crippen LogP contribution in [-0.2, 0) is 9.59 Å². The summed E-state index contributed by atoms with van der Waals surface area (Å²) in [6.07, 6.45) is 0. The molecule has 0 aliphatic carbocycles. The largest absolute Gasteiger partial charge is 0.480 e. The summed E-state index contributed by atoms with van der Waals surface area (Å²) in [5.74, 6) is -0.757. The molecule has 0 heterocycles. The Hall–Kier alpha value is -1.88. The molecule has 1 amide bonds. The molecule has 5 nitrogen and oxygen atoms in total. The van der Waals surface area contributed by atoms with Crippen LogP contribution >= 0.6 is 0 Å². The molecule has 1 unspecified atom stereocenters. The van der Waals surface area contributed by atoms with Crippen LogP contribution in [0.5, 0.6) is 0 Å². The van der Waals surface area contributed by atoms with Gasteiger partial charge in [-0.05, 0) is 18.5 Å². The third-order valence-corrected chi connectivity index (χ3v) is 2.89. The fourth-order valence-corrected chi connectivity index (χ4v) is 1.91. The molecule has 0 radical (unpaired) electrons. The number of nitrogens with zero attached hydrogens (tertiary/aromatic N) is 1. The predicted octanol–water partition coefficient (Wildman–Crippen LogP) is 1.52. The van der Waals surface area contributed by atoms with Gasteiger partial charge in [0.2, 0.25) is 5.91 Å². The van der Waals surface area contributed by atoms with Gasteiger partial charge in [-0.25, -0.2) is 0 Å². The monoisotopic (exact) mass is 278 g/mol. The highest BCUT2D eigenvalue weighted by Gasteiger charge is 2.25. The average Bonchev–Trinajstić information content (AvgIpc) is 2.37. The van der Waals surface area contributed by atoms with E-state index in [0.717, 1.165) is 0 Å². The third kappa shape index (κ3) is 5.01. The predicted molar refractivity (Wildman–Crippen MR) is 77.3 cm³/mol. The number of hydrogen-bond donors (Lipinski definition) is 2. The summed E-state index contributed by atoms with van der Waals surface area (Å²) in [5.41, 5.74) is 0.666. The van der Waals surface area contributed by atoms with Crippen molar-refractivity contribution in [2.24, 2.45) is 5.92 Å². The number of aliphatic carboxylic acids is 1. The van der Waals surface area contributed by atoms with E-state index in [-0.39, 0.29) is 12.5 Å². The molecular formula is C15H22N2O3. The van der Waals surface area contributed by atoms with Gasteiger partial charge in [-0.3, -0.25) is 14.5 Å². The standard InChI is InChI=1S/C15H22N2O3/c1-11(2)9-16-13(18)10-17(3)14(15(19)20)12-7-5-4-6-8-12/h4-8,11,14H,9-10H2,1-3H3,(H,16,18)(H,19,20). The molecule has 0 fully saturated rings. The molecule has 5 heteroatoms. The lowest BCUT2D eigenvalue weighted by atomic mass is 10.1. The van der Waals surface area contributed by atoms with Crippen LogP contribution < -0.4 is 5.32 Å². The molecule has 0 saturated carbocycles. The second-order valence-corrected chi connectivity index (χ2v) is 5.26. The minimum atomic E-state index is -0.963. The van der Waals surface area contributed by atoms with E-state index in [1.165, 1.54) is 4.90 Å². The highest BCUT2D eigenvalue weighted by Crippen LogP contribution is 2.18. The number of nitrogens with one attached hydrogen (secondary N) is 1. The molecule has 0 aliphatic rings. The first-order valence-corrected chi connectivity index (χ1v) is 6.66. The number of rotatable bonds is 7. The maximum absolute atomic E-state index is 11.8. The summed E-state index contributed by atoms with van der Waals surface area (Å²) in [4.78, 5) is 24.7. The Labute approximate surface area is 119 Å². The Morgan fingerprint density at radius 1 is 1.25 bits per heavy atom. The van der Waals surface area contributed by atoms with Crippen molar-refractivity contribution in [2.45, 2.75) is 19.9 Å². The molecule has 20 heavy (non-hydrogen) atoms. The number of likely N-dealkylation sites (N-methyl/N-ethyl adjacent to an activating group) is 1. The van der Waals surface area contributed by atoms with Gasteiger partial charge in [0, 0.05) is 6.54 Å². The van der Waals surface area contributed by atoms with Gasteiger partial charge in [-0.2, -0.15) is 0 Å². The molecule has 1 aromatic carbocycles. The van der Waals surface area contributed by atoms with Crippen LogP contribution in [0, 0.1) is 5.92 Å². The van der Waals surface area contributed by atoms with E-state index in [4.69, 9.17) is 0 Å². The SMILES string of the molecule is CC(C)CNC(=O)CN(C)C(C(=O)O)c1ccccc1. The maximum Gasteiger partial charge on any atom is 0.325 e. The zero-order chi connectivity index (χ0) is 15.1. The van der Waals surface area contributed by atoms with E-state index >= 15 is 0 Å². The maximum atomic E-state index is 11.8. The van der Waals surface area contributed by atoms with Crippen LogP contribution in [-0.4, -0.2) is 42.0 Å². The molecule has 0 aromatic heterocycles. The van der Waals surface area contributed by atoms with Crippen molar-refractivity contribution in [3.63, 3.8) is 0 Å². The fraction of sp³-hybridized carbons (Fsp3) is 0.467. The number of hydrogen-bond acceptors (Lipinski definition) is 3. The lowest BCUT2D eigenvalue weighted by Crippen LogP contribution is -2.40. The summed E-state index contributed by atoms with van der Waals surface area (Å²) in [6.45, 7) is 4.66. The van der Waals surface area contributed by atoms with Crippen LogP contribution in [0.4, 0.5) is 0 Å². The number of carboxylic acid groups (broad SMARTS) is 1. The Morgan fingerprint density at radius 2 is 1.85 bits per heavy atom. The van der Waals surface area contributed by atoms with Crippen molar-refractivity contribution in [1.29, 1.82) is 0 Å². The van der Waals surface area contributed by atoms with Crippen LogP contribution in [0.1, 0.15) is 25.5 Å². The topological polar surface area (TPSA) is 69.6 Å². The normalized spacial score (nSPS) is 12.4. The minimum absolute atomic E-state index is 0.0541. The molecule has 1 rings (SSSR count). The van der Waals surface area contributed by atoms with Crippen molar-refractivity contribution in [2.75, 3.05) is 20.1 Å². The van der Waals surface area contributed by atoms with E-state index in [1.54, 1.807) is 31.3 Å². The molecule has 0 saturated heterocycles. The summed E-state index contributed by atoms with van der Waals surface area (Å²) in [6, 6.07) is 8.09. The van der Waals surface area contributed by atoms with Crippen molar-refractivity contribution in [3.05, 3.63) is 35.9 Å². The quantitative estimate of drug-likeness (QED) is 0.793. The van der Waals surface area contributed by atoms with Crippen LogP contribution in [0.2, 0.25) is 0 Å². The first-order chi connectivity index (χ1) is 9.41. The summed E-state index contributed by atoms with van der Waals surface area (Å²) >= 11 is 0. The van der Waals surface area contributed by atoms with E-state index in [0.29, 0.717) is 18.0 Å². The fourth-order valence-electron chi connectivity index (χ4n) is 1.91. The number of carbonyl (C=O) groups excluding carboxylic acids is 1. The minimum Gasteiger partial charge on any atom is -0.480 e. The second kappa shape index (κ2) is 7.65. The van der Waals surface area contributed by atoms with Crippen molar-refractivity contribution in [3.8, 4) is 0 Å². The highest BCUT2D eigenvalue weighted by atomic mass is 16.4. The zero-order valence-electron chi connectivity index (χ0n) is 12.2. The summed E-state index contributed by atoms with van der Waals surface area (Å²) in [5, 5.41) is 12.1. The lowest BCUT2D eigenvalue weighted by molar-refractivity contribution is -0.143. The van der Waals surface area contributed by atoms with Gasteiger partial charge >= 0.3 is 5.97 Å². The Bertz CT molecular complexity index is 446. The van der Waals surface area contributed by atoms with E-state index < -0.39 is 12.0 Å². The van der Waals surface area contributed by atoms with Gasteiger partial charge in [-0.15, -0.1) is 0 Å². The van der Waals surface area contributed by atoms with Gasteiger partial charge in [0.05, 0.1) is 6.54 Å². The number of benzene rings is 1. The van der Waals surface area contributed by atoms with Crippen LogP contribution in [0.25, 0.3) is 0 Å². The van der Waals surface area contributed by atoms with Crippen LogP contribution in [0.15, 0.2) is 30.3 Å². The molecule has 0 bridgehead atoms. The van der Waals surface area contributed by atoms with Crippen molar-refractivity contribution in [1.82, 2.24) is 10.2 Å². The number of amides is 1. The van der Waals surface area contributed by atoms with Gasteiger partial charge in [0.15, 0.2) is 0 Å². The van der Waals surface area contributed by atoms with Crippen molar-refractivity contribution >= 4 is 11.9 Å².